The van der Waals surface area contributed by atoms with Crippen LogP contribution in [-0.4, -0.2) is 25.7 Å². The molecule has 0 aliphatic rings. The van der Waals surface area contributed by atoms with E-state index in [9.17, 15) is 13.2 Å². The highest BCUT2D eigenvalue weighted by atomic mass is 32.2. The number of rotatable bonds is 6. The number of sulfonamides is 1. The number of aromatic amines is 1. The molecule has 2 aromatic rings. The number of benzene rings is 1. The maximum Gasteiger partial charge on any atom is 0.247 e. The van der Waals surface area contributed by atoms with Gasteiger partial charge in [-0.15, -0.1) is 11.8 Å². The summed E-state index contributed by atoms with van der Waals surface area (Å²) in [4.78, 5) is 14.4. The lowest BCUT2D eigenvalue weighted by Crippen LogP contribution is -2.26. The molecule has 0 aliphatic carbocycles. The largest absolute Gasteiger partial charge is 0.328 e. The Hall–Kier alpha value is -1.57. The molecule has 0 amide bonds. The maximum absolute atomic E-state index is 11.9. The van der Waals surface area contributed by atoms with E-state index >= 15 is 0 Å². The third kappa shape index (κ3) is 4.22. The van der Waals surface area contributed by atoms with E-state index in [2.05, 4.69) is 9.71 Å². The average molecular weight is 310 g/mol. The van der Waals surface area contributed by atoms with E-state index in [-0.39, 0.29) is 10.5 Å². The predicted octanol–water partition coefficient (Wildman–Crippen LogP) is 1.45. The van der Waals surface area contributed by atoms with Gasteiger partial charge >= 0.3 is 0 Å². The summed E-state index contributed by atoms with van der Waals surface area (Å²) < 4.78 is 26.3. The molecular formula is C13H14N2O3S2. The van der Waals surface area contributed by atoms with Crippen LogP contribution in [0.3, 0.4) is 0 Å². The van der Waals surface area contributed by atoms with Crippen molar-refractivity contribution in [2.45, 2.75) is 9.79 Å². The van der Waals surface area contributed by atoms with Crippen molar-refractivity contribution in [1.29, 1.82) is 0 Å². The van der Waals surface area contributed by atoms with Crippen LogP contribution in [0.5, 0.6) is 0 Å². The van der Waals surface area contributed by atoms with Crippen LogP contribution >= 0.6 is 11.8 Å². The zero-order chi connectivity index (χ0) is 14.4. The average Bonchev–Trinajstić information content (AvgIpc) is 2.45. The summed E-state index contributed by atoms with van der Waals surface area (Å²) in [6.45, 7) is 0.320. The zero-order valence-corrected chi connectivity index (χ0v) is 12.2. The van der Waals surface area contributed by atoms with Crippen molar-refractivity contribution >= 4 is 21.8 Å². The Morgan fingerprint density at radius 3 is 2.50 bits per heavy atom. The van der Waals surface area contributed by atoms with E-state index < -0.39 is 10.0 Å². The molecule has 0 radical (unpaired) electrons. The SMILES string of the molecule is O=c1ccc(S(=O)(=O)NCCSc2ccccc2)c[nH]1. The summed E-state index contributed by atoms with van der Waals surface area (Å²) in [6.07, 6.45) is 1.19. The second-order valence-corrected chi connectivity index (χ2v) is 6.88. The van der Waals surface area contributed by atoms with Gasteiger partial charge in [-0.2, -0.15) is 0 Å². The Morgan fingerprint density at radius 2 is 1.85 bits per heavy atom. The Morgan fingerprint density at radius 1 is 1.10 bits per heavy atom. The quantitative estimate of drug-likeness (QED) is 0.625. The van der Waals surface area contributed by atoms with Gasteiger partial charge in [0.05, 0.1) is 4.90 Å². The van der Waals surface area contributed by atoms with Gasteiger partial charge in [0.25, 0.3) is 0 Å². The van der Waals surface area contributed by atoms with E-state index in [1.807, 2.05) is 30.3 Å². The lowest BCUT2D eigenvalue weighted by Gasteiger charge is -2.06. The minimum Gasteiger partial charge on any atom is -0.328 e. The third-order valence-corrected chi connectivity index (χ3v) is 4.94. The molecule has 1 aromatic heterocycles. The van der Waals surface area contributed by atoms with Crippen LogP contribution in [0, 0.1) is 0 Å². The van der Waals surface area contributed by atoms with Gasteiger partial charge in [-0.25, -0.2) is 13.1 Å². The van der Waals surface area contributed by atoms with Crippen molar-refractivity contribution in [1.82, 2.24) is 9.71 Å². The maximum atomic E-state index is 11.9. The van der Waals surface area contributed by atoms with E-state index in [4.69, 9.17) is 0 Å². The van der Waals surface area contributed by atoms with Crippen LogP contribution in [0.1, 0.15) is 0 Å². The molecule has 7 heteroatoms. The second kappa shape index (κ2) is 6.74. The number of thioether (sulfide) groups is 1. The van der Waals surface area contributed by atoms with Crippen LogP contribution in [0.4, 0.5) is 0 Å². The van der Waals surface area contributed by atoms with Gasteiger partial charge in [0.15, 0.2) is 0 Å². The fraction of sp³-hybridized carbons (Fsp3) is 0.154. The van der Waals surface area contributed by atoms with Crippen molar-refractivity contribution in [3.63, 3.8) is 0 Å². The van der Waals surface area contributed by atoms with Gasteiger partial charge < -0.3 is 4.98 Å². The molecule has 0 unspecified atom stereocenters. The van der Waals surface area contributed by atoms with Gasteiger partial charge in [-0.05, 0) is 18.2 Å². The van der Waals surface area contributed by atoms with Crippen LogP contribution < -0.4 is 10.3 Å². The molecule has 1 aromatic carbocycles. The van der Waals surface area contributed by atoms with Crippen molar-refractivity contribution < 1.29 is 8.42 Å². The minimum absolute atomic E-state index is 0.0572. The van der Waals surface area contributed by atoms with Gasteiger partial charge in [0.1, 0.15) is 0 Å². The summed E-state index contributed by atoms with van der Waals surface area (Å²) in [5, 5.41) is 0. The third-order valence-electron chi connectivity index (χ3n) is 2.47. The molecule has 5 nitrogen and oxygen atoms in total. The Bertz CT molecular complexity index is 691. The Labute approximate surface area is 121 Å². The molecule has 0 saturated heterocycles. The second-order valence-electron chi connectivity index (χ2n) is 3.95. The van der Waals surface area contributed by atoms with Crippen LogP contribution in [-0.2, 0) is 10.0 Å². The number of aromatic nitrogens is 1. The standard InChI is InChI=1S/C13H14N2O3S2/c16-13-7-6-12(10-14-13)20(17,18)15-8-9-19-11-4-2-1-3-5-11/h1-7,10,15H,8-9H2,(H,14,16). The molecule has 0 fully saturated rings. The highest BCUT2D eigenvalue weighted by molar-refractivity contribution is 7.99. The topological polar surface area (TPSA) is 79.0 Å². The molecule has 0 aliphatic heterocycles. The lowest BCUT2D eigenvalue weighted by atomic mass is 10.4. The molecular weight excluding hydrogens is 296 g/mol. The molecule has 0 saturated carbocycles. The number of hydrogen-bond donors (Lipinski definition) is 2. The summed E-state index contributed by atoms with van der Waals surface area (Å²) >= 11 is 1.57. The predicted molar refractivity (Wildman–Crippen MR) is 79.4 cm³/mol. The molecule has 1 heterocycles. The smallest absolute Gasteiger partial charge is 0.247 e. The van der Waals surface area contributed by atoms with E-state index in [1.54, 1.807) is 11.8 Å². The monoisotopic (exact) mass is 310 g/mol. The van der Waals surface area contributed by atoms with Crippen molar-refractivity contribution in [3.05, 3.63) is 59.0 Å². The first-order chi connectivity index (χ1) is 9.58. The number of H-pyrrole nitrogens is 1. The molecule has 0 atom stereocenters. The summed E-state index contributed by atoms with van der Waals surface area (Å²) in [6, 6.07) is 12.2. The fourth-order valence-electron chi connectivity index (χ4n) is 1.51. The van der Waals surface area contributed by atoms with Crippen molar-refractivity contribution in [2.75, 3.05) is 12.3 Å². The summed E-state index contributed by atoms with van der Waals surface area (Å²) in [7, 11) is -3.56. The molecule has 20 heavy (non-hydrogen) atoms. The first-order valence-corrected chi connectivity index (χ1v) is 8.41. The zero-order valence-electron chi connectivity index (χ0n) is 10.6. The number of nitrogens with one attached hydrogen (secondary N) is 2. The van der Waals surface area contributed by atoms with Gasteiger partial charge in [-0.3, -0.25) is 4.79 Å². The van der Waals surface area contributed by atoms with Crippen molar-refractivity contribution in [2.24, 2.45) is 0 Å². The first-order valence-electron chi connectivity index (χ1n) is 5.94. The molecule has 0 spiro atoms. The van der Waals surface area contributed by atoms with E-state index in [0.717, 1.165) is 4.90 Å². The minimum atomic E-state index is -3.56. The number of pyridine rings is 1. The molecule has 2 rings (SSSR count). The van der Waals surface area contributed by atoms with Crippen LogP contribution in [0.25, 0.3) is 0 Å². The Balaban J connectivity index is 1.87. The Kier molecular flexibility index (Phi) is 4.99. The molecule has 0 bridgehead atoms. The fourth-order valence-corrected chi connectivity index (χ4v) is 3.43. The molecule has 106 valence electrons. The highest BCUT2D eigenvalue weighted by Gasteiger charge is 2.12. The van der Waals surface area contributed by atoms with Gasteiger partial charge in [0, 0.05) is 29.5 Å². The van der Waals surface area contributed by atoms with E-state index in [0.29, 0.717) is 12.3 Å². The molecule has 2 N–H and O–H groups in total. The van der Waals surface area contributed by atoms with Crippen LogP contribution in [0.15, 0.2) is 63.2 Å². The summed E-state index contributed by atoms with van der Waals surface area (Å²) in [5.41, 5.74) is -0.330. The van der Waals surface area contributed by atoms with Gasteiger partial charge in [-0.1, -0.05) is 18.2 Å². The van der Waals surface area contributed by atoms with Crippen molar-refractivity contribution in [3.8, 4) is 0 Å². The number of hydrogen-bond acceptors (Lipinski definition) is 4. The highest BCUT2D eigenvalue weighted by Crippen LogP contribution is 2.16. The van der Waals surface area contributed by atoms with Gasteiger partial charge in [0.2, 0.25) is 15.6 Å². The van der Waals surface area contributed by atoms with Crippen LogP contribution in [0.2, 0.25) is 0 Å². The summed E-state index contributed by atoms with van der Waals surface area (Å²) in [5.74, 6) is 0.632. The normalized spacial score (nSPS) is 11.4. The lowest BCUT2D eigenvalue weighted by molar-refractivity contribution is 0.583. The first kappa shape index (κ1) is 14.8. The van der Waals surface area contributed by atoms with E-state index in [1.165, 1.54) is 18.3 Å².